The molecule has 2 aromatic rings. The third-order valence-corrected chi connectivity index (χ3v) is 3.88. The average molecular weight is 306 g/mol. The number of carbonyl (C=O) groups excluding carboxylic acids is 1. The Labute approximate surface area is 131 Å². The van der Waals surface area contributed by atoms with E-state index in [-0.39, 0.29) is 11.4 Å². The maximum Gasteiger partial charge on any atom is 0.256 e. The maximum atomic E-state index is 11.6. The number of benzene rings is 1. The lowest BCUT2D eigenvalue weighted by atomic mass is 9.96. The molecule has 2 aliphatic rings. The van der Waals surface area contributed by atoms with Gasteiger partial charge in [0.05, 0.1) is 11.4 Å². The summed E-state index contributed by atoms with van der Waals surface area (Å²) in [5.74, 6) is -0.184. The van der Waals surface area contributed by atoms with Crippen molar-refractivity contribution in [2.45, 2.75) is 6.42 Å². The van der Waals surface area contributed by atoms with Crippen LogP contribution in [0.4, 0.5) is 23.0 Å². The van der Waals surface area contributed by atoms with E-state index in [0.29, 0.717) is 5.82 Å². The third kappa shape index (κ3) is 2.02. The monoisotopic (exact) mass is 306 g/mol. The van der Waals surface area contributed by atoms with Crippen LogP contribution in [0.3, 0.4) is 0 Å². The molecule has 6 N–H and O–H groups in total. The predicted octanol–water partition coefficient (Wildman–Crippen LogP) is 2.26. The van der Waals surface area contributed by atoms with Gasteiger partial charge in [-0.1, -0.05) is 24.3 Å². The van der Waals surface area contributed by atoms with Crippen molar-refractivity contribution in [2.75, 3.05) is 11.1 Å². The Hall–Kier alpha value is -3.35. The van der Waals surface area contributed by atoms with Crippen molar-refractivity contribution in [3.8, 4) is 0 Å². The molecule has 7 heteroatoms. The number of amides is 1. The van der Waals surface area contributed by atoms with Crippen LogP contribution in [0, 0.1) is 0 Å². The highest BCUT2D eigenvalue weighted by Crippen LogP contribution is 2.42. The summed E-state index contributed by atoms with van der Waals surface area (Å²) >= 11 is 0. The number of aromatic amines is 1. The number of aromatic nitrogens is 2. The minimum absolute atomic E-state index is 0.143. The predicted molar refractivity (Wildman–Crippen MR) is 90.1 cm³/mol. The summed E-state index contributed by atoms with van der Waals surface area (Å²) in [7, 11) is 0. The van der Waals surface area contributed by atoms with Gasteiger partial charge in [-0.15, -0.1) is 0 Å². The van der Waals surface area contributed by atoms with Gasteiger partial charge in [-0.05, 0) is 12.1 Å². The van der Waals surface area contributed by atoms with Gasteiger partial charge in [0.2, 0.25) is 0 Å². The van der Waals surface area contributed by atoms with Crippen LogP contribution in [-0.4, -0.2) is 21.8 Å². The first-order valence-electron chi connectivity index (χ1n) is 7.14. The summed E-state index contributed by atoms with van der Waals surface area (Å²) in [6, 6.07) is 5.77. The first kappa shape index (κ1) is 13.3. The lowest BCUT2D eigenvalue weighted by Gasteiger charge is -2.12. The van der Waals surface area contributed by atoms with Crippen molar-refractivity contribution >= 4 is 40.2 Å². The van der Waals surface area contributed by atoms with Gasteiger partial charge in [0.25, 0.3) is 5.91 Å². The van der Waals surface area contributed by atoms with Crippen molar-refractivity contribution in [1.82, 2.24) is 10.2 Å². The average Bonchev–Trinajstić information content (AvgIpc) is 3.08. The number of anilines is 3. The zero-order valence-corrected chi connectivity index (χ0v) is 12.1. The van der Waals surface area contributed by atoms with Crippen molar-refractivity contribution < 1.29 is 4.79 Å². The fourth-order valence-corrected chi connectivity index (χ4v) is 2.87. The van der Waals surface area contributed by atoms with E-state index in [1.807, 2.05) is 30.4 Å². The second-order valence-electron chi connectivity index (χ2n) is 5.32. The molecular formula is C16H14N6O. The summed E-state index contributed by atoms with van der Waals surface area (Å²) in [5, 5.41) is 9.75. The van der Waals surface area contributed by atoms with Gasteiger partial charge in [0.1, 0.15) is 11.4 Å². The number of nitrogens with zero attached hydrogens (tertiary/aromatic N) is 2. The van der Waals surface area contributed by atoms with Gasteiger partial charge in [0, 0.05) is 23.2 Å². The fourth-order valence-electron chi connectivity index (χ4n) is 2.87. The highest BCUT2D eigenvalue weighted by atomic mass is 16.1. The molecule has 1 aliphatic carbocycles. The maximum absolute atomic E-state index is 11.6. The topological polar surface area (TPSA) is 122 Å². The molecule has 0 atom stereocenters. The zero-order valence-electron chi connectivity index (χ0n) is 12.1. The van der Waals surface area contributed by atoms with Crippen molar-refractivity contribution in [2.24, 2.45) is 10.7 Å². The van der Waals surface area contributed by atoms with Gasteiger partial charge < -0.3 is 16.8 Å². The van der Waals surface area contributed by atoms with Crippen LogP contribution in [0.25, 0.3) is 5.57 Å². The Morgan fingerprint density at radius 1 is 1.35 bits per heavy atom. The number of hydrogen-bond donors (Lipinski definition) is 4. The number of primary amides is 1. The van der Waals surface area contributed by atoms with Gasteiger partial charge >= 0.3 is 0 Å². The SMILES string of the molecule is NC(=O)c1c(Nc2cccc3c2C2=CC=CCC2=N3)n[nH]c1N. The van der Waals surface area contributed by atoms with E-state index in [1.54, 1.807) is 0 Å². The summed E-state index contributed by atoms with van der Waals surface area (Å²) in [6.45, 7) is 0. The number of rotatable bonds is 3. The molecular weight excluding hydrogens is 292 g/mol. The first-order chi connectivity index (χ1) is 11.1. The van der Waals surface area contributed by atoms with Crippen LogP contribution in [0.2, 0.25) is 0 Å². The Bertz CT molecular complexity index is 919. The Morgan fingerprint density at radius 2 is 2.22 bits per heavy atom. The molecule has 1 aromatic carbocycles. The highest BCUT2D eigenvalue weighted by molar-refractivity contribution is 6.31. The number of aliphatic imine (C=N–C) groups is 1. The van der Waals surface area contributed by atoms with Crippen molar-refractivity contribution in [3.05, 3.63) is 47.6 Å². The summed E-state index contributed by atoms with van der Waals surface area (Å²) in [6.07, 6.45) is 6.93. The van der Waals surface area contributed by atoms with E-state index in [9.17, 15) is 4.79 Å². The van der Waals surface area contributed by atoms with Crippen LogP contribution in [0.1, 0.15) is 22.3 Å². The molecule has 0 spiro atoms. The third-order valence-electron chi connectivity index (χ3n) is 3.88. The number of carbonyl (C=O) groups is 1. The lowest BCUT2D eigenvalue weighted by molar-refractivity contribution is 0.100. The molecule has 114 valence electrons. The molecule has 23 heavy (non-hydrogen) atoms. The molecule has 0 fully saturated rings. The van der Waals surface area contributed by atoms with E-state index in [2.05, 4.69) is 26.6 Å². The number of hydrogen-bond acceptors (Lipinski definition) is 5. The first-order valence-corrected chi connectivity index (χ1v) is 7.14. The number of H-pyrrole nitrogens is 1. The minimum atomic E-state index is -0.636. The van der Waals surface area contributed by atoms with Gasteiger partial charge in [0.15, 0.2) is 5.82 Å². The molecule has 0 bridgehead atoms. The number of nitrogens with one attached hydrogen (secondary N) is 2. The van der Waals surface area contributed by atoms with E-state index < -0.39 is 5.91 Å². The normalized spacial score (nSPS) is 14.8. The molecule has 1 aromatic heterocycles. The standard InChI is InChI=1S/C16H14N6O/c17-14-13(15(18)23)16(22-21-14)20-11-7-3-6-10-12(11)8-4-1-2-5-9(8)19-10/h1-4,6-7H,5H2,(H2,18,23)(H4,17,20,21,22). The van der Waals surface area contributed by atoms with E-state index in [1.165, 1.54) is 0 Å². The molecule has 0 radical (unpaired) electrons. The van der Waals surface area contributed by atoms with E-state index >= 15 is 0 Å². The molecule has 0 saturated heterocycles. The van der Waals surface area contributed by atoms with Crippen molar-refractivity contribution in [3.63, 3.8) is 0 Å². The van der Waals surface area contributed by atoms with Crippen molar-refractivity contribution in [1.29, 1.82) is 0 Å². The second-order valence-corrected chi connectivity index (χ2v) is 5.32. The number of fused-ring (bicyclic) bond motifs is 3. The molecule has 4 rings (SSSR count). The van der Waals surface area contributed by atoms with Crippen LogP contribution in [0.5, 0.6) is 0 Å². The second kappa shape index (κ2) is 4.84. The molecule has 2 heterocycles. The van der Waals surface area contributed by atoms with Gasteiger partial charge in [-0.25, -0.2) is 0 Å². The molecule has 0 saturated carbocycles. The van der Waals surface area contributed by atoms with E-state index in [4.69, 9.17) is 11.5 Å². The molecule has 0 unspecified atom stereocenters. The number of nitrogen functional groups attached to an aromatic ring is 1. The van der Waals surface area contributed by atoms with Crippen LogP contribution >= 0.6 is 0 Å². The highest BCUT2D eigenvalue weighted by Gasteiger charge is 2.25. The Morgan fingerprint density at radius 3 is 3.04 bits per heavy atom. The van der Waals surface area contributed by atoms with Crippen LogP contribution in [-0.2, 0) is 0 Å². The van der Waals surface area contributed by atoms with Crippen LogP contribution in [0.15, 0.2) is 41.4 Å². The quantitative estimate of drug-likeness (QED) is 0.694. The largest absolute Gasteiger partial charge is 0.383 e. The molecule has 7 nitrogen and oxygen atoms in total. The zero-order chi connectivity index (χ0) is 16.0. The summed E-state index contributed by atoms with van der Waals surface area (Å²) in [5.41, 5.74) is 16.0. The number of allylic oxidation sites excluding steroid dienone is 4. The van der Waals surface area contributed by atoms with Crippen LogP contribution < -0.4 is 16.8 Å². The van der Waals surface area contributed by atoms with Gasteiger partial charge in [-0.3, -0.25) is 14.9 Å². The molecule has 1 aliphatic heterocycles. The fraction of sp³-hybridized carbons (Fsp3) is 0.0625. The smallest absolute Gasteiger partial charge is 0.256 e. The summed E-state index contributed by atoms with van der Waals surface area (Å²) in [4.78, 5) is 16.2. The minimum Gasteiger partial charge on any atom is -0.383 e. The Kier molecular flexibility index (Phi) is 2.80. The number of nitrogens with two attached hydrogens (primary N) is 2. The molecule has 1 amide bonds. The van der Waals surface area contributed by atoms with E-state index in [0.717, 1.165) is 34.6 Å². The summed E-state index contributed by atoms with van der Waals surface area (Å²) < 4.78 is 0. The lowest BCUT2D eigenvalue weighted by Crippen LogP contribution is -2.14. The Balaban J connectivity index is 1.79. The van der Waals surface area contributed by atoms with Gasteiger partial charge in [-0.2, -0.15) is 5.10 Å².